The molecule has 1 aromatic carbocycles. The number of anilines is 1. The monoisotopic (exact) mass is 422 g/mol. The summed E-state index contributed by atoms with van der Waals surface area (Å²) in [6.07, 6.45) is 1.70. The van der Waals surface area contributed by atoms with Crippen LogP contribution in [0.15, 0.2) is 24.8 Å². The van der Waals surface area contributed by atoms with Gasteiger partial charge in [0.25, 0.3) is 5.91 Å². The predicted molar refractivity (Wildman–Crippen MR) is 111 cm³/mol. The number of nitrogens with one attached hydrogen (secondary N) is 2. The van der Waals surface area contributed by atoms with Crippen LogP contribution in [-0.4, -0.2) is 44.9 Å². The lowest BCUT2D eigenvalue weighted by Gasteiger charge is -2.21. The Hall–Kier alpha value is -2.81. The molecule has 1 heterocycles. The summed E-state index contributed by atoms with van der Waals surface area (Å²) in [6, 6.07) is 3.41. The number of hydrogen-bond acceptors (Lipinski definition) is 7. The first-order chi connectivity index (χ1) is 13.7. The van der Waals surface area contributed by atoms with Crippen molar-refractivity contribution in [1.82, 2.24) is 25.5 Å². The van der Waals surface area contributed by atoms with Gasteiger partial charge in [0, 0.05) is 23.2 Å². The number of hydrogen-bond donors (Lipinski definition) is 2. The van der Waals surface area contributed by atoms with Gasteiger partial charge >= 0.3 is 0 Å². The maximum Gasteiger partial charge on any atom is 0.258 e. The van der Waals surface area contributed by atoms with Gasteiger partial charge in [-0.1, -0.05) is 22.8 Å². The molecule has 9 nitrogen and oxygen atoms in total. The Morgan fingerprint density at radius 2 is 2.03 bits per heavy atom. The summed E-state index contributed by atoms with van der Waals surface area (Å²) in [5.41, 5.74) is 0.437. The van der Waals surface area contributed by atoms with Gasteiger partial charge in [0.2, 0.25) is 5.95 Å². The molecule has 0 saturated heterocycles. The SMILES string of the molecule is C=CCn1nnnc1NCc1cc(OCC)c(OCC(=O)NC(C)(C)C)cc1Cl. The molecule has 1 amide bonds. The van der Waals surface area contributed by atoms with E-state index in [1.807, 2.05) is 27.7 Å². The van der Waals surface area contributed by atoms with Crippen LogP contribution in [0.25, 0.3) is 0 Å². The number of amides is 1. The van der Waals surface area contributed by atoms with Gasteiger partial charge in [-0.25, -0.2) is 4.68 Å². The van der Waals surface area contributed by atoms with E-state index in [9.17, 15) is 4.79 Å². The third-order valence-corrected chi connectivity index (χ3v) is 3.91. The summed E-state index contributed by atoms with van der Waals surface area (Å²) in [7, 11) is 0. The number of halogens is 1. The maximum absolute atomic E-state index is 12.0. The lowest BCUT2D eigenvalue weighted by molar-refractivity contribution is -0.124. The van der Waals surface area contributed by atoms with E-state index in [1.54, 1.807) is 22.9 Å². The van der Waals surface area contributed by atoms with Gasteiger partial charge in [-0.15, -0.1) is 6.58 Å². The zero-order valence-electron chi connectivity index (χ0n) is 17.2. The number of tetrazole rings is 1. The fourth-order valence-corrected chi connectivity index (χ4v) is 2.66. The van der Waals surface area contributed by atoms with Crippen molar-refractivity contribution in [3.05, 3.63) is 35.4 Å². The highest BCUT2D eigenvalue weighted by molar-refractivity contribution is 6.31. The number of carbonyl (C=O) groups is 1. The van der Waals surface area contributed by atoms with E-state index in [0.717, 1.165) is 5.56 Å². The van der Waals surface area contributed by atoms with Gasteiger partial charge < -0.3 is 20.1 Å². The van der Waals surface area contributed by atoms with Crippen LogP contribution in [0.5, 0.6) is 11.5 Å². The summed E-state index contributed by atoms with van der Waals surface area (Å²) in [6.45, 7) is 12.4. The van der Waals surface area contributed by atoms with Crippen molar-refractivity contribution in [3.8, 4) is 11.5 Å². The molecule has 0 atom stereocenters. The average Bonchev–Trinajstić information content (AvgIpc) is 3.06. The van der Waals surface area contributed by atoms with E-state index >= 15 is 0 Å². The molecule has 2 N–H and O–H groups in total. The highest BCUT2D eigenvalue weighted by Gasteiger charge is 2.17. The lowest BCUT2D eigenvalue weighted by Crippen LogP contribution is -2.43. The quantitative estimate of drug-likeness (QED) is 0.567. The normalized spacial score (nSPS) is 11.1. The van der Waals surface area contributed by atoms with Crippen molar-refractivity contribution >= 4 is 23.5 Å². The van der Waals surface area contributed by atoms with Gasteiger partial charge in [0.1, 0.15) is 0 Å². The highest BCUT2D eigenvalue weighted by atomic mass is 35.5. The van der Waals surface area contributed by atoms with Crippen molar-refractivity contribution in [2.45, 2.75) is 46.3 Å². The first-order valence-electron chi connectivity index (χ1n) is 9.23. The molecule has 0 aliphatic heterocycles. The molecule has 158 valence electrons. The lowest BCUT2D eigenvalue weighted by atomic mass is 10.1. The van der Waals surface area contributed by atoms with Crippen molar-refractivity contribution in [2.75, 3.05) is 18.5 Å². The number of ether oxygens (including phenoxy) is 2. The molecule has 0 aliphatic carbocycles. The molecule has 10 heteroatoms. The van der Waals surface area contributed by atoms with Gasteiger partial charge in [0.05, 0.1) is 13.2 Å². The molecule has 0 unspecified atom stereocenters. The second kappa shape index (κ2) is 10.1. The van der Waals surface area contributed by atoms with Crippen LogP contribution in [-0.2, 0) is 17.9 Å². The Bertz CT molecular complexity index is 847. The van der Waals surface area contributed by atoms with Crippen LogP contribution in [0.1, 0.15) is 33.3 Å². The molecule has 1 aromatic heterocycles. The first-order valence-corrected chi connectivity index (χ1v) is 9.61. The summed E-state index contributed by atoms with van der Waals surface area (Å²) in [5.74, 6) is 1.18. The third-order valence-electron chi connectivity index (χ3n) is 3.56. The Kier molecular flexibility index (Phi) is 7.83. The van der Waals surface area contributed by atoms with Crippen molar-refractivity contribution in [2.24, 2.45) is 0 Å². The number of nitrogens with zero attached hydrogens (tertiary/aromatic N) is 4. The largest absolute Gasteiger partial charge is 0.490 e. The van der Waals surface area contributed by atoms with Crippen LogP contribution in [0.3, 0.4) is 0 Å². The molecular formula is C19H27ClN6O3. The topological polar surface area (TPSA) is 103 Å². The van der Waals surface area contributed by atoms with Gasteiger partial charge in [-0.3, -0.25) is 4.79 Å². The predicted octanol–water partition coefficient (Wildman–Crippen LogP) is 2.82. The second-order valence-corrected chi connectivity index (χ2v) is 7.64. The van der Waals surface area contributed by atoms with Crippen LogP contribution in [0.4, 0.5) is 5.95 Å². The third kappa shape index (κ3) is 6.94. The number of benzene rings is 1. The molecular weight excluding hydrogens is 396 g/mol. The van der Waals surface area contributed by atoms with E-state index in [1.165, 1.54) is 0 Å². The molecule has 0 spiro atoms. The van der Waals surface area contributed by atoms with Crippen molar-refractivity contribution in [1.29, 1.82) is 0 Å². The van der Waals surface area contributed by atoms with Crippen LogP contribution < -0.4 is 20.1 Å². The summed E-state index contributed by atoms with van der Waals surface area (Å²) in [4.78, 5) is 12.0. The molecule has 29 heavy (non-hydrogen) atoms. The van der Waals surface area contributed by atoms with E-state index in [2.05, 4.69) is 32.7 Å². The fraction of sp³-hybridized carbons (Fsp3) is 0.474. The Morgan fingerprint density at radius 3 is 2.69 bits per heavy atom. The van der Waals surface area contributed by atoms with Crippen LogP contribution in [0, 0.1) is 0 Å². The molecule has 0 fully saturated rings. The molecule has 2 aromatic rings. The second-order valence-electron chi connectivity index (χ2n) is 7.24. The fourth-order valence-electron chi connectivity index (χ4n) is 2.44. The average molecular weight is 423 g/mol. The van der Waals surface area contributed by atoms with Crippen molar-refractivity contribution < 1.29 is 14.3 Å². The molecule has 0 bridgehead atoms. The molecule has 0 aliphatic rings. The minimum Gasteiger partial charge on any atom is -0.490 e. The van der Waals surface area contributed by atoms with Gasteiger partial charge in [0.15, 0.2) is 18.1 Å². The summed E-state index contributed by atoms with van der Waals surface area (Å²) >= 11 is 6.41. The minimum atomic E-state index is -0.336. The number of carbonyl (C=O) groups excluding carboxylic acids is 1. The smallest absolute Gasteiger partial charge is 0.258 e. The number of aromatic nitrogens is 4. The number of rotatable bonds is 10. The van der Waals surface area contributed by atoms with Gasteiger partial charge in [-0.05, 0) is 49.8 Å². The summed E-state index contributed by atoms with van der Waals surface area (Å²) in [5, 5.41) is 17.9. The zero-order chi connectivity index (χ0) is 21.4. The highest BCUT2D eigenvalue weighted by Crippen LogP contribution is 2.34. The van der Waals surface area contributed by atoms with E-state index in [0.29, 0.717) is 42.2 Å². The van der Waals surface area contributed by atoms with E-state index in [4.69, 9.17) is 21.1 Å². The van der Waals surface area contributed by atoms with Crippen LogP contribution in [0.2, 0.25) is 5.02 Å². The Labute approximate surface area is 175 Å². The summed E-state index contributed by atoms with van der Waals surface area (Å²) < 4.78 is 12.9. The maximum atomic E-state index is 12.0. The van der Waals surface area contributed by atoms with E-state index in [-0.39, 0.29) is 18.1 Å². The number of allylic oxidation sites excluding steroid dienone is 1. The molecule has 2 rings (SSSR count). The minimum absolute atomic E-state index is 0.137. The Morgan fingerprint density at radius 1 is 1.31 bits per heavy atom. The van der Waals surface area contributed by atoms with E-state index < -0.39 is 0 Å². The molecule has 0 saturated carbocycles. The van der Waals surface area contributed by atoms with Crippen molar-refractivity contribution in [3.63, 3.8) is 0 Å². The standard InChI is InChI=1S/C19H27ClN6O3/c1-6-8-26-18(23-24-25-26)21-11-13-9-15(28-7-2)16(10-14(13)20)29-12-17(27)22-19(3,4)5/h6,9-10H,1,7-8,11-12H2,2-5H3,(H,22,27)(H,21,23,25). The Balaban J connectivity index is 2.11. The zero-order valence-corrected chi connectivity index (χ0v) is 17.9. The van der Waals surface area contributed by atoms with Crippen LogP contribution >= 0.6 is 11.6 Å². The molecule has 0 radical (unpaired) electrons. The van der Waals surface area contributed by atoms with Gasteiger partial charge in [-0.2, -0.15) is 0 Å². The first kappa shape index (κ1) is 22.5.